The van der Waals surface area contributed by atoms with E-state index >= 15 is 0 Å². The van der Waals surface area contributed by atoms with Gasteiger partial charge in [-0.2, -0.15) is 0 Å². The summed E-state index contributed by atoms with van der Waals surface area (Å²) in [5, 5.41) is 22.2. The van der Waals surface area contributed by atoms with E-state index in [2.05, 4.69) is 5.32 Å². The van der Waals surface area contributed by atoms with E-state index in [0.717, 1.165) is 5.56 Å². The molecule has 0 aromatic heterocycles. The van der Waals surface area contributed by atoms with Crippen LogP contribution in [-0.4, -0.2) is 16.8 Å². The molecule has 0 unspecified atom stereocenters. The van der Waals surface area contributed by atoms with Crippen molar-refractivity contribution < 1.29 is 14.6 Å². The summed E-state index contributed by atoms with van der Waals surface area (Å²) in [6.45, 7) is 0.977. The highest BCUT2D eigenvalue weighted by Crippen LogP contribution is 2.13. The number of phenolic OH excluding ortho intramolecular Hbond substituents is 1. The molecule has 0 aliphatic carbocycles. The first-order valence-corrected chi connectivity index (χ1v) is 6.07. The van der Waals surface area contributed by atoms with E-state index in [0.29, 0.717) is 18.7 Å². The SMILES string of the molecule is Oc1ccc(CNC[C@@H](O)c2ccc(F)cc2)cc1. The summed E-state index contributed by atoms with van der Waals surface area (Å²) < 4.78 is 12.7. The van der Waals surface area contributed by atoms with Gasteiger partial charge in [-0.05, 0) is 35.4 Å². The molecule has 0 saturated heterocycles. The summed E-state index contributed by atoms with van der Waals surface area (Å²) >= 11 is 0. The van der Waals surface area contributed by atoms with Crippen LogP contribution in [0.1, 0.15) is 17.2 Å². The number of phenols is 1. The summed E-state index contributed by atoms with van der Waals surface area (Å²) in [5.41, 5.74) is 1.70. The van der Waals surface area contributed by atoms with E-state index in [4.69, 9.17) is 5.11 Å². The van der Waals surface area contributed by atoms with E-state index in [1.54, 1.807) is 24.3 Å². The van der Waals surface area contributed by atoms with Crippen molar-refractivity contribution in [2.45, 2.75) is 12.6 Å². The van der Waals surface area contributed by atoms with Gasteiger partial charge < -0.3 is 15.5 Å². The monoisotopic (exact) mass is 261 g/mol. The average Bonchev–Trinajstić information content (AvgIpc) is 2.41. The van der Waals surface area contributed by atoms with Crippen LogP contribution in [0.5, 0.6) is 5.75 Å². The second kappa shape index (κ2) is 6.31. The summed E-state index contributed by atoms with van der Waals surface area (Å²) in [7, 11) is 0. The molecular formula is C15H16FNO2. The lowest BCUT2D eigenvalue weighted by Gasteiger charge is -2.12. The van der Waals surface area contributed by atoms with Crippen LogP contribution in [0.15, 0.2) is 48.5 Å². The van der Waals surface area contributed by atoms with Crippen LogP contribution in [0.4, 0.5) is 4.39 Å². The van der Waals surface area contributed by atoms with Crippen molar-refractivity contribution in [3.05, 3.63) is 65.5 Å². The first-order valence-electron chi connectivity index (χ1n) is 6.07. The van der Waals surface area contributed by atoms with Crippen LogP contribution >= 0.6 is 0 Å². The molecule has 2 aromatic carbocycles. The molecular weight excluding hydrogens is 245 g/mol. The number of benzene rings is 2. The molecule has 4 heteroatoms. The molecule has 0 amide bonds. The Kier molecular flexibility index (Phi) is 4.49. The van der Waals surface area contributed by atoms with Gasteiger partial charge in [-0.1, -0.05) is 24.3 Å². The minimum Gasteiger partial charge on any atom is -0.508 e. The van der Waals surface area contributed by atoms with Crippen molar-refractivity contribution in [3.8, 4) is 5.75 Å². The smallest absolute Gasteiger partial charge is 0.123 e. The Balaban J connectivity index is 1.82. The molecule has 3 N–H and O–H groups in total. The Morgan fingerprint density at radius 3 is 2.26 bits per heavy atom. The van der Waals surface area contributed by atoms with Crippen molar-refractivity contribution in [3.63, 3.8) is 0 Å². The van der Waals surface area contributed by atoms with Crippen LogP contribution < -0.4 is 5.32 Å². The molecule has 0 bridgehead atoms. The largest absolute Gasteiger partial charge is 0.508 e. The number of aromatic hydroxyl groups is 1. The maximum atomic E-state index is 12.7. The van der Waals surface area contributed by atoms with Gasteiger partial charge in [0, 0.05) is 13.1 Å². The second-order valence-electron chi connectivity index (χ2n) is 4.36. The van der Waals surface area contributed by atoms with Crippen LogP contribution in [-0.2, 0) is 6.54 Å². The van der Waals surface area contributed by atoms with Gasteiger partial charge in [0.15, 0.2) is 0 Å². The van der Waals surface area contributed by atoms with Gasteiger partial charge in [-0.15, -0.1) is 0 Å². The topological polar surface area (TPSA) is 52.5 Å². The molecule has 0 radical (unpaired) electrons. The predicted molar refractivity (Wildman–Crippen MR) is 71.2 cm³/mol. The molecule has 0 aliphatic rings. The van der Waals surface area contributed by atoms with Gasteiger partial charge >= 0.3 is 0 Å². The molecule has 3 nitrogen and oxygen atoms in total. The third-order valence-corrected chi connectivity index (χ3v) is 2.86. The first kappa shape index (κ1) is 13.5. The van der Waals surface area contributed by atoms with Gasteiger partial charge in [0.05, 0.1) is 6.10 Å². The third-order valence-electron chi connectivity index (χ3n) is 2.86. The summed E-state index contributed by atoms with van der Waals surface area (Å²) in [6.07, 6.45) is -0.669. The minimum absolute atomic E-state index is 0.232. The zero-order chi connectivity index (χ0) is 13.7. The van der Waals surface area contributed by atoms with E-state index in [1.807, 2.05) is 12.1 Å². The maximum Gasteiger partial charge on any atom is 0.123 e. The summed E-state index contributed by atoms with van der Waals surface area (Å²) in [4.78, 5) is 0. The molecule has 0 fully saturated rings. The second-order valence-corrected chi connectivity index (χ2v) is 4.36. The zero-order valence-electron chi connectivity index (χ0n) is 10.4. The highest BCUT2D eigenvalue weighted by atomic mass is 19.1. The van der Waals surface area contributed by atoms with Gasteiger partial charge in [0.25, 0.3) is 0 Å². The van der Waals surface area contributed by atoms with E-state index in [-0.39, 0.29) is 11.6 Å². The first-order chi connectivity index (χ1) is 9.15. The van der Waals surface area contributed by atoms with Crippen molar-refractivity contribution in [2.24, 2.45) is 0 Å². The molecule has 0 heterocycles. The maximum absolute atomic E-state index is 12.7. The standard InChI is InChI=1S/C15H16FNO2/c16-13-5-3-12(4-6-13)15(19)10-17-9-11-1-7-14(18)8-2-11/h1-8,15,17-19H,9-10H2/t15-/m1/s1. The lowest BCUT2D eigenvalue weighted by atomic mass is 10.1. The minimum atomic E-state index is -0.669. The van der Waals surface area contributed by atoms with Crippen LogP contribution in [0, 0.1) is 5.82 Å². The number of nitrogens with one attached hydrogen (secondary N) is 1. The highest BCUT2D eigenvalue weighted by Gasteiger charge is 2.06. The highest BCUT2D eigenvalue weighted by molar-refractivity contribution is 5.25. The molecule has 2 aromatic rings. The van der Waals surface area contributed by atoms with Crippen LogP contribution in [0.3, 0.4) is 0 Å². The zero-order valence-corrected chi connectivity index (χ0v) is 10.4. The molecule has 0 aliphatic heterocycles. The normalized spacial score (nSPS) is 12.3. The van der Waals surface area contributed by atoms with E-state index in [9.17, 15) is 9.50 Å². The quantitative estimate of drug-likeness (QED) is 0.774. The molecule has 100 valence electrons. The van der Waals surface area contributed by atoms with Crippen molar-refractivity contribution in [1.29, 1.82) is 0 Å². The fourth-order valence-electron chi connectivity index (χ4n) is 1.77. The number of aliphatic hydroxyl groups excluding tert-OH is 1. The predicted octanol–water partition coefficient (Wildman–Crippen LogP) is 2.35. The fourth-order valence-corrected chi connectivity index (χ4v) is 1.77. The Morgan fingerprint density at radius 1 is 1.00 bits per heavy atom. The molecule has 0 spiro atoms. The molecule has 1 atom stereocenters. The Hall–Kier alpha value is -1.91. The Labute approximate surface area is 111 Å². The number of hydrogen-bond donors (Lipinski definition) is 3. The van der Waals surface area contributed by atoms with Gasteiger partial charge in [-0.3, -0.25) is 0 Å². The average molecular weight is 261 g/mol. The summed E-state index contributed by atoms with van der Waals surface area (Å²) in [6, 6.07) is 12.7. The summed E-state index contributed by atoms with van der Waals surface area (Å²) in [5.74, 6) is -0.0805. The van der Waals surface area contributed by atoms with Gasteiger partial charge in [0.2, 0.25) is 0 Å². The fraction of sp³-hybridized carbons (Fsp3) is 0.200. The number of rotatable bonds is 5. The number of hydrogen-bond acceptors (Lipinski definition) is 3. The third kappa shape index (κ3) is 4.05. The van der Waals surface area contributed by atoms with Crippen molar-refractivity contribution in [1.82, 2.24) is 5.32 Å². The molecule has 19 heavy (non-hydrogen) atoms. The Morgan fingerprint density at radius 2 is 1.63 bits per heavy atom. The van der Waals surface area contributed by atoms with E-state index < -0.39 is 6.10 Å². The lowest BCUT2D eigenvalue weighted by Crippen LogP contribution is -2.21. The van der Waals surface area contributed by atoms with Crippen molar-refractivity contribution in [2.75, 3.05) is 6.54 Å². The van der Waals surface area contributed by atoms with Gasteiger partial charge in [-0.25, -0.2) is 4.39 Å². The van der Waals surface area contributed by atoms with Gasteiger partial charge in [0.1, 0.15) is 11.6 Å². The number of aliphatic hydroxyl groups is 1. The van der Waals surface area contributed by atoms with Crippen LogP contribution in [0.2, 0.25) is 0 Å². The molecule has 0 saturated carbocycles. The van der Waals surface area contributed by atoms with E-state index in [1.165, 1.54) is 12.1 Å². The van der Waals surface area contributed by atoms with Crippen LogP contribution in [0.25, 0.3) is 0 Å². The Bertz CT molecular complexity index is 511. The molecule has 2 rings (SSSR count). The number of halogens is 1. The lowest BCUT2D eigenvalue weighted by molar-refractivity contribution is 0.174. The van der Waals surface area contributed by atoms with Crippen molar-refractivity contribution >= 4 is 0 Å².